The van der Waals surface area contributed by atoms with Crippen LogP contribution >= 0.6 is 0 Å². The maximum atomic E-state index is 13.4. The quantitative estimate of drug-likeness (QED) is 0.814. The van der Waals surface area contributed by atoms with E-state index in [1.807, 2.05) is 0 Å². The lowest BCUT2D eigenvalue weighted by molar-refractivity contribution is -0.143. The second kappa shape index (κ2) is 6.86. The van der Waals surface area contributed by atoms with Crippen molar-refractivity contribution in [1.82, 2.24) is 4.31 Å². The van der Waals surface area contributed by atoms with Crippen LogP contribution in [0.2, 0.25) is 0 Å². The van der Waals surface area contributed by atoms with E-state index >= 15 is 0 Å². The van der Waals surface area contributed by atoms with Crippen molar-refractivity contribution in [3.05, 3.63) is 29.6 Å². The minimum absolute atomic E-state index is 0.129. The van der Waals surface area contributed by atoms with Gasteiger partial charge in [0, 0.05) is 13.1 Å². The number of hydrogen-bond donors (Lipinski definition) is 1. The number of carbonyl (C=O) groups is 2. The molecule has 2 atom stereocenters. The highest BCUT2D eigenvalue weighted by molar-refractivity contribution is 7.89. The highest BCUT2D eigenvalue weighted by Crippen LogP contribution is 2.29. The van der Waals surface area contributed by atoms with E-state index < -0.39 is 44.2 Å². The van der Waals surface area contributed by atoms with Gasteiger partial charge >= 0.3 is 11.9 Å². The molecule has 0 radical (unpaired) electrons. The third-order valence-electron chi connectivity index (χ3n) is 3.94. The molecule has 24 heavy (non-hydrogen) atoms. The summed E-state index contributed by atoms with van der Waals surface area (Å²) < 4.78 is 44.7. The van der Waals surface area contributed by atoms with E-state index in [-0.39, 0.29) is 19.0 Å². The predicted octanol–water partition coefficient (Wildman–Crippen LogP) is 1.34. The molecular formula is C15H18FNO6S. The molecular weight excluding hydrogens is 341 g/mol. The van der Waals surface area contributed by atoms with Crippen LogP contribution in [0.25, 0.3) is 0 Å². The number of esters is 1. The Kier molecular flexibility index (Phi) is 5.24. The molecule has 1 aromatic carbocycles. The molecule has 0 amide bonds. The van der Waals surface area contributed by atoms with Crippen LogP contribution in [-0.2, 0) is 19.6 Å². The molecule has 1 aromatic rings. The lowest BCUT2D eigenvalue weighted by Gasteiger charge is -2.34. The Hall–Kier alpha value is -2.00. The molecule has 7 nitrogen and oxygen atoms in total. The number of halogens is 1. The van der Waals surface area contributed by atoms with Gasteiger partial charge in [-0.05, 0) is 30.5 Å². The number of carbonyl (C=O) groups excluding carboxylic acids is 1. The molecule has 1 fully saturated rings. The number of hydrogen-bond acceptors (Lipinski definition) is 5. The van der Waals surface area contributed by atoms with Crippen LogP contribution in [0.5, 0.6) is 0 Å². The number of sulfonamides is 1. The summed E-state index contributed by atoms with van der Waals surface area (Å²) in [5, 5.41) is 9.18. The van der Waals surface area contributed by atoms with E-state index in [1.54, 1.807) is 6.92 Å². The van der Waals surface area contributed by atoms with Crippen LogP contribution in [0.1, 0.15) is 23.7 Å². The number of carboxylic acid groups (broad SMARTS) is 1. The van der Waals surface area contributed by atoms with Crippen molar-refractivity contribution >= 4 is 22.0 Å². The van der Waals surface area contributed by atoms with E-state index in [0.717, 1.165) is 29.6 Å². The van der Waals surface area contributed by atoms with Gasteiger partial charge in [-0.15, -0.1) is 0 Å². The zero-order chi connectivity index (χ0) is 18.1. The van der Waals surface area contributed by atoms with Gasteiger partial charge in [0.1, 0.15) is 5.82 Å². The number of nitrogens with zero attached hydrogens (tertiary/aromatic N) is 1. The van der Waals surface area contributed by atoms with Gasteiger partial charge in [0.05, 0.1) is 23.5 Å². The number of piperidine rings is 1. The van der Waals surface area contributed by atoms with Crippen LogP contribution in [0.4, 0.5) is 4.39 Å². The summed E-state index contributed by atoms with van der Waals surface area (Å²) in [5.41, 5.74) is -0.414. The zero-order valence-corrected chi connectivity index (χ0v) is 14.0. The fourth-order valence-electron chi connectivity index (χ4n) is 2.81. The van der Waals surface area contributed by atoms with Crippen molar-refractivity contribution in [1.29, 1.82) is 0 Å². The van der Waals surface area contributed by atoms with Crippen molar-refractivity contribution in [2.24, 2.45) is 11.8 Å². The van der Waals surface area contributed by atoms with E-state index in [1.165, 1.54) is 0 Å². The van der Waals surface area contributed by atoms with Crippen molar-refractivity contribution in [2.75, 3.05) is 20.2 Å². The van der Waals surface area contributed by atoms with Crippen LogP contribution < -0.4 is 0 Å². The topological polar surface area (TPSA) is 101 Å². The van der Waals surface area contributed by atoms with Crippen LogP contribution in [-0.4, -0.2) is 50.0 Å². The first-order chi connectivity index (χ1) is 11.2. The molecule has 9 heteroatoms. The molecule has 132 valence electrons. The number of rotatable bonds is 4. The summed E-state index contributed by atoms with van der Waals surface area (Å²) in [7, 11) is -3.10. The molecule has 2 unspecified atom stereocenters. The minimum atomic E-state index is -4.16. The fourth-order valence-corrected chi connectivity index (χ4v) is 4.58. The van der Waals surface area contributed by atoms with Crippen LogP contribution in [0.3, 0.4) is 0 Å². The standard InChI is InChI=1S/C15H18FNO6S/c1-9-5-10(14(18)19)8-17(7-9)24(21,22)13-4-3-11(16)6-12(13)15(20)23-2/h3-4,6,9-10H,5,7-8H2,1-2H3,(H,18,19). The summed E-state index contributed by atoms with van der Waals surface area (Å²) in [4.78, 5) is 22.6. The van der Waals surface area contributed by atoms with Crippen LogP contribution in [0.15, 0.2) is 23.1 Å². The normalized spacial score (nSPS) is 22.1. The molecule has 0 saturated carbocycles. The molecule has 0 aliphatic carbocycles. The average molecular weight is 359 g/mol. The van der Waals surface area contributed by atoms with E-state index in [9.17, 15) is 27.5 Å². The van der Waals surface area contributed by atoms with Gasteiger partial charge in [-0.1, -0.05) is 6.92 Å². The van der Waals surface area contributed by atoms with Gasteiger partial charge in [0.2, 0.25) is 10.0 Å². The van der Waals surface area contributed by atoms with Gasteiger partial charge in [-0.25, -0.2) is 17.6 Å². The Labute approximate surface area is 139 Å². The van der Waals surface area contributed by atoms with Crippen molar-refractivity contribution in [2.45, 2.75) is 18.2 Å². The summed E-state index contributed by atoms with van der Waals surface area (Å²) >= 11 is 0. The van der Waals surface area contributed by atoms with Gasteiger partial charge in [-0.2, -0.15) is 4.31 Å². The van der Waals surface area contributed by atoms with Gasteiger partial charge < -0.3 is 9.84 Å². The Bertz CT molecular complexity index is 763. The molecule has 1 heterocycles. The van der Waals surface area contributed by atoms with E-state index in [0.29, 0.717) is 6.42 Å². The largest absolute Gasteiger partial charge is 0.481 e. The smallest absolute Gasteiger partial charge is 0.339 e. The monoisotopic (exact) mass is 359 g/mol. The molecule has 0 bridgehead atoms. The third kappa shape index (κ3) is 3.57. The maximum absolute atomic E-state index is 13.4. The van der Waals surface area contributed by atoms with Crippen molar-refractivity contribution in [3.63, 3.8) is 0 Å². The first-order valence-corrected chi connectivity index (χ1v) is 8.71. The maximum Gasteiger partial charge on any atom is 0.339 e. The Morgan fingerprint density at radius 3 is 2.58 bits per heavy atom. The number of benzene rings is 1. The highest BCUT2D eigenvalue weighted by Gasteiger charge is 2.38. The van der Waals surface area contributed by atoms with E-state index in [2.05, 4.69) is 4.74 Å². The fraction of sp³-hybridized carbons (Fsp3) is 0.467. The second-order valence-electron chi connectivity index (χ2n) is 5.83. The van der Waals surface area contributed by atoms with Crippen LogP contribution in [0, 0.1) is 17.7 Å². The minimum Gasteiger partial charge on any atom is -0.481 e. The van der Waals surface area contributed by atoms with Crippen molar-refractivity contribution in [3.8, 4) is 0 Å². The number of carboxylic acids is 1. The first-order valence-electron chi connectivity index (χ1n) is 7.27. The molecule has 0 aromatic heterocycles. The molecule has 1 aliphatic heterocycles. The Morgan fingerprint density at radius 1 is 1.33 bits per heavy atom. The summed E-state index contributed by atoms with van der Waals surface area (Å²) in [6.45, 7) is 1.69. The third-order valence-corrected chi connectivity index (χ3v) is 5.83. The number of methoxy groups -OCH3 is 1. The number of ether oxygens (including phenoxy) is 1. The van der Waals surface area contributed by atoms with Gasteiger partial charge in [-0.3, -0.25) is 4.79 Å². The summed E-state index contributed by atoms with van der Waals surface area (Å²) in [6.07, 6.45) is 0.370. The molecule has 1 aliphatic rings. The summed E-state index contributed by atoms with van der Waals surface area (Å²) in [5.74, 6) is -3.81. The first kappa shape index (κ1) is 18.3. The lowest BCUT2D eigenvalue weighted by atomic mass is 9.92. The van der Waals surface area contributed by atoms with Gasteiger partial charge in [0.15, 0.2) is 0 Å². The lowest BCUT2D eigenvalue weighted by Crippen LogP contribution is -2.45. The molecule has 1 saturated heterocycles. The SMILES string of the molecule is COC(=O)c1cc(F)ccc1S(=O)(=O)N1CC(C)CC(C(=O)O)C1. The second-order valence-corrected chi connectivity index (χ2v) is 7.74. The predicted molar refractivity (Wildman–Crippen MR) is 81.4 cm³/mol. The summed E-state index contributed by atoms with van der Waals surface area (Å²) in [6, 6.07) is 2.72. The number of aliphatic carboxylic acids is 1. The molecule has 2 rings (SSSR count). The van der Waals surface area contributed by atoms with Gasteiger partial charge in [0.25, 0.3) is 0 Å². The average Bonchev–Trinajstić information content (AvgIpc) is 2.53. The van der Waals surface area contributed by atoms with E-state index in [4.69, 9.17) is 0 Å². The molecule has 0 spiro atoms. The zero-order valence-electron chi connectivity index (χ0n) is 13.2. The Morgan fingerprint density at radius 2 is 2.00 bits per heavy atom. The van der Waals surface area contributed by atoms with Crippen molar-refractivity contribution < 1.29 is 32.2 Å². The molecule has 1 N–H and O–H groups in total. The highest BCUT2D eigenvalue weighted by atomic mass is 32.2. The Balaban J connectivity index is 2.47.